The first-order valence-corrected chi connectivity index (χ1v) is 14.1. The van der Waals surface area contributed by atoms with Crippen molar-refractivity contribution in [1.82, 2.24) is 20.2 Å². The molecule has 10 heteroatoms. The molecule has 2 amide bonds. The molecule has 4 atom stereocenters. The van der Waals surface area contributed by atoms with Crippen molar-refractivity contribution < 1.29 is 28.9 Å². The number of para-hydroxylation sites is 2. The molecule has 1 aliphatic heterocycles. The Labute approximate surface area is 244 Å². The van der Waals surface area contributed by atoms with Crippen molar-refractivity contribution in [2.24, 2.45) is 5.92 Å². The molecule has 0 bridgehead atoms. The number of urea groups is 1. The zero-order valence-corrected chi connectivity index (χ0v) is 23.7. The molecule has 0 radical (unpaired) electrons. The lowest BCUT2D eigenvalue weighted by Crippen LogP contribution is -2.39. The Bertz CT molecular complexity index is 1490. The zero-order chi connectivity index (χ0) is 29.5. The number of carbonyl (C=O) groups excluding carboxylic acids is 2. The van der Waals surface area contributed by atoms with E-state index in [2.05, 4.69) is 33.2 Å². The summed E-state index contributed by atoms with van der Waals surface area (Å²) in [6.07, 6.45) is 0.827. The fourth-order valence-electron chi connectivity index (χ4n) is 5.08. The number of hydrogen-bond donors (Lipinski definition) is 3. The van der Waals surface area contributed by atoms with Gasteiger partial charge in [-0.25, -0.2) is 9.78 Å². The third-order valence-electron chi connectivity index (χ3n) is 7.43. The highest BCUT2D eigenvalue weighted by molar-refractivity contribution is 5.80. The van der Waals surface area contributed by atoms with Crippen molar-refractivity contribution >= 4 is 23.0 Å². The number of fused-ring (bicyclic) bond motifs is 1. The topological polar surface area (TPSA) is 124 Å². The predicted molar refractivity (Wildman–Crippen MR) is 156 cm³/mol. The van der Waals surface area contributed by atoms with Gasteiger partial charge in [0.2, 0.25) is 0 Å². The summed E-state index contributed by atoms with van der Waals surface area (Å²) in [4.78, 5) is 28.0. The molecule has 1 aromatic heterocycles. The number of amides is 2. The number of esters is 1. The van der Waals surface area contributed by atoms with Gasteiger partial charge in [-0.3, -0.25) is 4.79 Å². The summed E-state index contributed by atoms with van der Waals surface area (Å²) in [5.74, 6) is -0.458. The van der Waals surface area contributed by atoms with E-state index >= 15 is 0 Å². The lowest BCUT2D eigenvalue weighted by molar-refractivity contribution is -0.276. The number of imidazole rings is 1. The third kappa shape index (κ3) is 6.96. The predicted octanol–water partition coefficient (Wildman–Crippen LogP) is 4.38. The minimum absolute atomic E-state index is 0.0162. The van der Waals surface area contributed by atoms with E-state index in [0.717, 1.165) is 33.3 Å². The van der Waals surface area contributed by atoms with E-state index in [0.29, 0.717) is 6.54 Å². The molecule has 0 spiro atoms. The van der Waals surface area contributed by atoms with E-state index in [9.17, 15) is 14.7 Å². The Morgan fingerprint density at radius 3 is 2.40 bits per heavy atom. The maximum atomic E-state index is 12.0. The van der Waals surface area contributed by atoms with Crippen LogP contribution in [0.3, 0.4) is 0 Å². The van der Waals surface area contributed by atoms with Gasteiger partial charge in [0.1, 0.15) is 6.54 Å². The Morgan fingerprint density at radius 2 is 1.67 bits per heavy atom. The number of hydrogen-bond acceptors (Lipinski definition) is 7. The van der Waals surface area contributed by atoms with Crippen molar-refractivity contribution in [1.29, 1.82) is 0 Å². The minimum atomic E-state index is -0.613. The highest BCUT2D eigenvalue weighted by Crippen LogP contribution is 2.42. The number of nitrogens with one attached hydrogen (secondary N) is 2. The molecule has 4 aromatic rings. The van der Waals surface area contributed by atoms with Crippen LogP contribution in [-0.2, 0) is 38.7 Å². The molecule has 0 aliphatic carbocycles. The third-order valence-corrected chi connectivity index (χ3v) is 7.43. The van der Waals surface area contributed by atoms with Crippen molar-refractivity contribution in [3.05, 3.63) is 101 Å². The van der Waals surface area contributed by atoms with E-state index in [1.807, 2.05) is 73.1 Å². The molecule has 42 heavy (non-hydrogen) atoms. The fraction of sp³-hybridized carbons (Fsp3) is 0.344. The molecule has 1 fully saturated rings. The summed E-state index contributed by atoms with van der Waals surface area (Å²) in [6, 6.07) is 23.1. The van der Waals surface area contributed by atoms with Gasteiger partial charge >= 0.3 is 12.0 Å². The van der Waals surface area contributed by atoms with Crippen LogP contribution in [-0.4, -0.2) is 45.9 Å². The average Bonchev–Trinajstić information content (AvgIpc) is 3.43. The zero-order valence-electron chi connectivity index (χ0n) is 23.7. The highest BCUT2D eigenvalue weighted by atomic mass is 16.7. The maximum Gasteiger partial charge on any atom is 0.325 e. The summed E-state index contributed by atoms with van der Waals surface area (Å²) in [6.45, 7) is 4.80. The van der Waals surface area contributed by atoms with Crippen LogP contribution in [0.25, 0.3) is 11.0 Å². The largest absolute Gasteiger partial charge is 0.465 e. The van der Waals surface area contributed by atoms with E-state index in [1.165, 1.54) is 0 Å². The minimum Gasteiger partial charge on any atom is -0.465 e. The van der Waals surface area contributed by atoms with Gasteiger partial charge in [-0.15, -0.1) is 0 Å². The number of benzene rings is 3. The first-order chi connectivity index (χ1) is 20.4. The van der Waals surface area contributed by atoms with Gasteiger partial charge in [0.05, 0.1) is 49.3 Å². The second-order valence-corrected chi connectivity index (χ2v) is 10.3. The number of nitrogens with zero attached hydrogens (tertiary/aromatic N) is 2. The fourth-order valence-corrected chi connectivity index (χ4v) is 5.08. The molecule has 3 N–H and O–H groups in total. The smallest absolute Gasteiger partial charge is 0.325 e. The Kier molecular flexibility index (Phi) is 9.48. The Hall–Kier alpha value is -4.25. The van der Waals surface area contributed by atoms with E-state index in [1.54, 1.807) is 6.92 Å². The van der Waals surface area contributed by atoms with Crippen LogP contribution >= 0.6 is 0 Å². The molecular weight excluding hydrogens is 536 g/mol. The molecule has 0 unspecified atom stereocenters. The molecule has 2 heterocycles. The molecule has 1 saturated heterocycles. The van der Waals surface area contributed by atoms with Crippen LogP contribution in [0.1, 0.15) is 48.5 Å². The van der Waals surface area contributed by atoms with Gasteiger partial charge in [-0.05, 0) is 35.7 Å². The van der Waals surface area contributed by atoms with E-state index < -0.39 is 18.3 Å². The standard InChI is InChI=1S/C32H36N4O6/c1-3-40-29(38)17-34-32(39)33-16-22-8-14-25(15-9-22)31-41-28(18-36-20-35-26-6-4-5-7-27(26)36)21(2)30(42-31)24-12-10-23(19-37)11-13-24/h4-15,20-21,28,30-31,37H,3,16-19H2,1-2H3,(H2,33,34,39)/t21-,28+,30+,31+/m0/s1. The van der Waals surface area contributed by atoms with Crippen LogP contribution < -0.4 is 10.6 Å². The second-order valence-electron chi connectivity index (χ2n) is 10.3. The quantitative estimate of drug-likeness (QED) is 0.241. The van der Waals surface area contributed by atoms with E-state index in [-0.39, 0.29) is 44.4 Å². The van der Waals surface area contributed by atoms with Crippen LogP contribution in [0.4, 0.5) is 4.79 Å². The number of carbonyl (C=O) groups is 2. The lowest BCUT2D eigenvalue weighted by Gasteiger charge is -2.41. The van der Waals surface area contributed by atoms with Gasteiger partial charge in [0, 0.05) is 18.0 Å². The normalized spacial score (nSPS) is 20.3. The summed E-state index contributed by atoms with van der Waals surface area (Å²) in [7, 11) is 0. The number of aliphatic hydroxyl groups is 1. The van der Waals surface area contributed by atoms with Crippen molar-refractivity contribution in [2.45, 2.75) is 52.0 Å². The van der Waals surface area contributed by atoms with Gasteiger partial charge in [-0.1, -0.05) is 67.6 Å². The van der Waals surface area contributed by atoms with E-state index in [4.69, 9.17) is 14.2 Å². The molecule has 220 valence electrons. The van der Waals surface area contributed by atoms with Gasteiger partial charge in [0.15, 0.2) is 6.29 Å². The van der Waals surface area contributed by atoms with Crippen LogP contribution in [0.5, 0.6) is 0 Å². The Balaban J connectivity index is 1.30. The molecule has 3 aromatic carbocycles. The van der Waals surface area contributed by atoms with Crippen LogP contribution in [0.15, 0.2) is 79.1 Å². The molecule has 5 rings (SSSR count). The molecule has 10 nitrogen and oxygen atoms in total. The molecule has 0 saturated carbocycles. The first-order valence-electron chi connectivity index (χ1n) is 14.1. The number of rotatable bonds is 10. The number of aliphatic hydroxyl groups excluding tert-OH is 1. The summed E-state index contributed by atoms with van der Waals surface area (Å²) in [5.41, 5.74) is 5.58. The van der Waals surface area contributed by atoms with Gasteiger partial charge in [-0.2, -0.15) is 0 Å². The van der Waals surface area contributed by atoms with Gasteiger partial charge in [0.25, 0.3) is 0 Å². The summed E-state index contributed by atoms with van der Waals surface area (Å²) < 4.78 is 20.1. The van der Waals surface area contributed by atoms with Crippen LogP contribution in [0, 0.1) is 5.92 Å². The molecular formula is C32H36N4O6. The Morgan fingerprint density at radius 1 is 0.952 bits per heavy atom. The average molecular weight is 573 g/mol. The van der Waals surface area contributed by atoms with Crippen LogP contribution in [0.2, 0.25) is 0 Å². The SMILES string of the molecule is CCOC(=O)CNC(=O)NCc1ccc([C@@H]2O[C@H](Cn3cnc4ccccc43)[C@H](C)[C@H](c3ccc(CO)cc3)O2)cc1. The van der Waals surface area contributed by atoms with Crippen molar-refractivity contribution in [3.63, 3.8) is 0 Å². The second kappa shape index (κ2) is 13.6. The van der Waals surface area contributed by atoms with Gasteiger partial charge < -0.3 is 34.5 Å². The summed E-state index contributed by atoms with van der Waals surface area (Å²) >= 11 is 0. The van der Waals surface area contributed by atoms with Crippen molar-refractivity contribution in [3.8, 4) is 0 Å². The number of aromatic nitrogens is 2. The first kappa shape index (κ1) is 29.2. The molecule has 1 aliphatic rings. The lowest BCUT2D eigenvalue weighted by atomic mass is 9.90. The maximum absolute atomic E-state index is 12.0. The van der Waals surface area contributed by atoms with Crippen molar-refractivity contribution in [2.75, 3.05) is 13.2 Å². The highest BCUT2D eigenvalue weighted by Gasteiger charge is 2.38. The number of ether oxygens (including phenoxy) is 3. The monoisotopic (exact) mass is 572 g/mol. The summed E-state index contributed by atoms with van der Waals surface area (Å²) in [5, 5.41) is 14.7.